The molecule has 0 aromatic heterocycles. The van der Waals surface area contributed by atoms with Crippen LogP contribution in [0.5, 0.6) is 0 Å². The van der Waals surface area contributed by atoms with Crippen LogP contribution < -0.4 is 5.32 Å². The first-order chi connectivity index (χ1) is 8.66. The normalized spacial score (nSPS) is 25.8. The van der Waals surface area contributed by atoms with E-state index in [4.69, 9.17) is 0 Å². The first-order valence-electron chi connectivity index (χ1n) is 7.61. The second-order valence-corrected chi connectivity index (χ2v) is 6.34. The molecule has 1 heterocycles. The standard InChI is InChI=1S/C15H28N2O/c1-12(14-4-3-8-16-11-14)10-15(18)17(2)9-7-13-5-6-13/h12-14,16H,3-11H2,1-2H3. The molecule has 18 heavy (non-hydrogen) atoms. The van der Waals surface area contributed by atoms with Gasteiger partial charge in [-0.15, -0.1) is 0 Å². The zero-order chi connectivity index (χ0) is 13.0. The highest BCUT2D eigenvalue weighted by molar-refractivity contribution is 5.76. The molecule has 3 nitrogen and oxygen atoms in total. The first kappa shape index (κ1) is 13.9. The molecule has 2 aliphatic rings. The molecule has 2 fully saturated rings. The monoisotopic (exact) mass is 252 g/mol. The number of carbonyl (C=O) groups excluding carboxylic acids is 1. The van der Waals surface area contributed by atoms with E-state index >= 15 is 0 Å². The van der Waals surface area contributed by atoms with Crippen molar-refractivity contribution >= 4 is 5.91 Å². The van der Waals surface area contributed by atoms with E-state index in [0.29, 0.717) is 17.7 Å². The number of hydrogen-bond donors (Lipinski definition) is 1. The number of carbonyl (C=O) groups is 1. The van der Waals surface area contributed by atoms with Crippen molar-refractivity contribution in [2.75, 3.05) is 26.7 Å². The zero-order valence-corrected chi connectivity index (χ0v) is 12.0. The van der Waals surface area contributed by atoms with Crippen molar-refractivity contribution in [1.29, 1.82) is 0 Å². The third kappa shape index (κ3) is 4.27. The van der Waals surface area contributed by atoms with Crippen LogP contribution in [0.4, 0.5) is 0 Å². The van der Waals surface area contributed by atoms with Crippen molar-refractivity contribution in [3.05, 3.63) is 0 Å². The molecular weight excluding hydrogens is 224 g/mol. The van der Waals surface area contributed by atoms with Gasteiger partial charge in [-0.1, -0.05) is 19.8 Å². The van der Waals surface area contributed by atoms with Crippen molar-refractivity contribution in [3.63, 3.8) is 0 Å². The van der Waals surface area contributed by atoms with Gasteiger partial charge in [0.2, 0.25) is 5.91 Å². The Balaban J connectivity index is 1.67. The molecule has 1 aliphatic heterocycles. The Morgan fingerprint density at radius 2 is 2.17 bits per heavy atom. The molecule has 0 bridgehead atoms. The summed E-state index contributed by atoms with van der Waals surface area (Å²) < 4.78 is 0. The largest absolute Gasteiger partial charge is 0.346 e. The van der Waals surface area contributed by atoms with Gasteiger partial charge in [-0.05, 0) is 50.1 Å². The number of amides is 1. The molecule has 2 atom stereocenters. The maximum atomic E-state index is 12.1. The average molecular weight is 252 g/mol. The fourth-order valence-electron chi connectivity index (χ4n) is 2.87. The summed E-state index contributed by atoms with van der Waals surface area (Å²) in [5, 5.41) is 3.44. The van der Waals surface area contributed by atoms with Crippen LogP contribution >= 0.6 is 0 Å². The highest BCUT2D eigenvalue weighted by Gasteiger charge is 2.25. The van der Waals surface area contributed by atoms with E-state index in [2.05, 4.69) is 12.2 Å². The van der Waals surface area contributed by atoms with Crippen LogP contribution in [0.15, 0.2) is 0 Å². The van der Waals surface area contributed by atoms with E-state index in [0.717, 1.165) is 32.0 Å². The third-order valence-electron chi connectivity index (χ3n) is 4.63. The SMILES string of the molecule is CC(CC(=O)N(C)CCC1CC1)C1CCCNC1. The number of nitrogens with zero attached hydrogens (tertiary/aromatic N) is 1. The molecular formula is C15H28N2O. The molecule has 2 unspecified atom stereocenters. The molecule has 1 aliphatic carbocycles. The molecule has 0 radical (unpaired) electrons. The fraction of sp³-hybridized carbons (Fsp3) is 0.933. The molecule has 1 saturated heterocycles. The second-order valence-electron chi connectivity index (χ2n) is 6.34. The van der Waals surface area contributed by atoms with Gasteiger partial charge in [0.25, 0.3) is 0 Å². The molecule has 2 rings (SSSR count). The van der Waals surface area contributed by atoms with E-state index in [9.17, 15) is 4.79 Å². The topological polar surface area (TPSA) is 32.3 Å². The lowest BCUT2D eigenvalue weighted by Gasteiger charge is -2.29. The Labute approximate surface area is 111 Å². The van der Waals surface area contributed by atoms with E-state index < -0.39 is 0 Å². The maximum absolute atomic E-state index is 12.1. The Kier molecular flexibility index (Phi) is 5.04. The summed E-state index contributed by atoms with van der Waals surface area (Å²) in [7, 11) is 1.97. The molecule has 1 amide bonds. The lowest BCUT2D eigenvalue weighted by atomic mass is 9.85. The number of piperidine rings is 1. The molecule has 0 aromatic carbocycles. The summed E-state index contributed by atoms with van der Waals surface area (Å²) in [5.74, 6) is 2.47. The number of hydrogen-bond acceptors (Lipinski definition) is 2. The van der Waals surface area contributed by atoms with Crippen molar-refractivity contribution in [3.8, 4) is 0 Å². The molecule has 1 N–H and O–H groups in total. The van der Waals surface area contributed by atoms with Gasteiger partial charge in [0, 0.05) is 20.0 Å². The molecule has 104 valence electrons. The van der Waals surface area contributed by atoms with Crippen LogP contribution in [0.2, 0.25) is 0 Å². The predicted octanol–water partition coefficient (Wildman–Crippen LogP) is 2.27. The Hall–Kier alpha value is -0.570. The first-order valence-corrected chi connectivity index (χ1v) is 7.61. The van der Waals surface area contributed by atoms with Crippen LogP contribution in [0.25, 0.3) is 0 Å². The van der Waals surface area contributed by atoms with Gasteiger partial charge in [-0.2, -0.15) is 0 Å². The van der Waals surface area contributed by atoms with E-state index in [-0.39, 0.29) is 0 Å². The van der Waals surface area contributed by atoms with Gasteiger partial charge in [0.05, 0.1) is 0 Å². The molecule has 0 aromatic rings. The van der Waals surface area contributed by atoms with E-state index in [1.54, 1.807) is 0 Å². The Morgan fingerprint density at radius 3 is 2.78 bits per heavy atom. The van der Waals surface area contributed by atoms with Crippen LogP contribution in [0, 0.1) is 17.8 Å². The lowest BCUT2D eigenvalue weighted by Crippen LogP contribution is -2.36. The van der Waals surface area contributed by atoms with Crippen molar-refractivity contribution in [2.24, 2.45) is 17.8 Å². The summed E-state index contributed by atoms with van der Waals surface area (Å²) in [4.78, 5) is 14.1. The molecule has 3 heteroatoms. The van der Waals surface area contributed by atoms with Crippen LogP contribution in [0.1, 0.15) is 45.4 Å². The minimum absolute atomic E-state index is 0.341. The van der Waals surface area contributed by atoms with Crippen LogP contribution in [-0.4, -0.2) is 37.5 Å². The van der Waals surface area contributed by atoms with Crippen molar-refractivity contribution < 1.29 is 4.79 Å². The minimum Gasteiger partial charge on any atom is -0.346 e. The van der Waals surface area contributed by atoms with Gasteiger partial charge in [-0.25, -0.2) is 0 Å². The van der Waals surface area contributed by atoms with Crippen molar-refractivity contribution in [2.45, 2.75) is 45.4 Å². The van der Waals surface area contributed by atoms with Crippen molar-refractivity contribution in [1.82, 2.24) is 10.2 Å². The average Bonchev–Trinajstić information content (AvgIpc) is 3.21. The van der Waals surface area contributed by atoms with Gasteiger partial charge in [-0.3, -0.25) is 4.79 Å². The quantitative estimate of drug-likeness (QED) is 0.786. The highest BCUT2D eigenvalue weighted by atomic mass is 16.2. The Morgan fingerprint density at radius 1 is 1.39 bits per heavy atom. The summed E-state index contributed by atoms with van der Waals surface area (Å²) in [6, 6.07) is 0. The summed E-state index contributed by atoms with van der Waals surface area (Å²) in [6.07, 6.45) is 7.25. The highest BCUT2D eigenvalue weighted by Crippen LogP contribution is 2.32. The predicted molar refractivity (Wildman–Crippen MR) is 74.4 cm³/mol. The maximum Gasteiger partial charge on any atom is 0.222 e. The smallest absolute Gasteiger partial charge is 0.222 e. The van der Waals surface area contributed by atoms with Gasteiger partial charge in [0.15, 0.2) is 0 Å². The minimum atomic E-state index is 0.341. The number of nitrogens with one attached hydrogen (secondary N) is 1. The van der Waals surface area contributed by atoms with Gasteiger partial charge >= 0.3 is 0 Å². The second kappa shape index (κ2) is 6.55. The third-order valence-corrected chi connectivity index (χ3v) is 4.63. The summed E-state index contributed by atoms with van der Waals surface area (Å²) in [6.45, 7) is 5.45. The summed E-state index contributed by atoms with van der Waals surface area (Å²) >= 11 is 0. The Bertz CT molecular complexity index is 270. The fourth-order valence-corrected chi connectivity index (χ4v) is 2.87. The molecule has 0 spiro atoms. The molecule has 1 saturated carbocycles. The van der Waals surface area contributed by atoms with Crippen LogP contribution in [0.3, 0.4) is 0 Å². The van der Waals surface area contributed by atoms with Gasteiger partial charge in [0.1, 0.15) is 0 Å². The van der Waals surface area contributed by atoms with E-state index in [1.807, 2.05) is 11.9 Å². The zero-order valence-electron chi connectivity index (χ0n) is 12.0. The van der Waals surface area contributed by atoms with Gasteiger partial charge < -0.3 is 10.2 Å². The lowest BCUT2D eigenvalue weighted by molar-refractivity contribution is -0.131. The number of rotatable bonds is 6. The van der Waals surface area contributed by atoms with Crippen LogP contribution in [-0.2, 0) is 4.79 Å². The summed E-state index contributed by atoms with van der Waals surface area (Å²) in [5.41, 5.74) is 0. The van der Waals surface area contributed by atoms with E-state index in [1.165, 1.54) is 32.1 Å².